The van der Waals surface area contributed by atoms with E-state index in [1.54, 1.807) is 0 Å². The van der Waals surface area contributed by atoms with Crippen molar-refractivity contribution in [1.29, 1.82) is 0 Å². The molecule has 0 saturated carbocycles. The first-order chi connectivity index (χ1) is 11.7. The molecular formula is C17H23N5O2. The minimum atomic E-state index is -0.255. The van der Waals surface area contributed by atoms with Gasteiger partial charge in [-0.1, -0.05) is 18.2 Å². The van der Waals surface area contributed by atoms with Gasteiger partial charge in [0.05, 0.1) is 5.52 Å². The van der Waals surface area contributed by atoms with Gasteiger partial charge in [0.2, 0.25) is 5.91 Å². The first-order valence-electron chi connectivity index (χ1n) is 8.35. The van der Waals surface area contributed by atoms with E-state index < -0.39 is 0 Å². The van der Waals surface area contributed by atoms with Crippen molar-refractivity contribution in [2.24, 2.45) is 0 Å². The number of fused-ring (bicyclic) bond motifs is 1. The van der Waals surface area contributed by atoms with Crippen molar-refractivity contribution >= 4 is 22.7 Å². The highest BCUT2D eigenvalue weighted by atomic mass is 16.2. The van der Waals surface area contributed by atoms with Crippen LogP contribution in [0.2, 0.25) is 0 Å². The van der Waals surface area contributed by atoms with E-state index in [-0.39, 0.29) is 11.8 Å². The van der Waals surface area contributed by atoms with E-state index >= 15 is 0 Å². The largest absolute Gasteiger partial charge is 0.350 e. The van der Waals surface area contributed by atoms with Gasteiger partial charge in [0.25, 0.3) is 5.91 Å². The van der Waals surface area contributed by atoms with Crippen molar-refractivity contribution in [3.8, 4) is 0 Å². The highest BCUT2D eigenvalue weighted by Crippen LogP contribution is 2.15. The van der Waals surface area contributed by atoms with Crippen LogP contribution in [0.3, 0.4) is 0 Å². The number of likely N-dealkylation sites (tertiary alicyclic amines) is 1. The fraction of sp³-hybridized carbons (Fsp3) is 0.471. The molecule has 1 aliphatic rings. The molecule has 2 heterocycles. The lowest BCUT2D eigenvalue weighted by molar-refractivity contribution is -0.132. The second kappa shape index (κ2) is 7.44. The molecule has 3 rings (SSSR count). The highest BCUT2D eigenvalue weighted by Gasteiger charge is 2.21. The van der Waals surface area contributed by atoms with Crippen molar-refractivity contribution in [3.05, 3.63) is 30.0 Å². The Morgan fingerprint density at radius 3 is 2.79 bits per heavy atom. The molecule has 0 spiro atoms. The Morgan fingerprint density at radius 2 is 2.04 bits per heavy atom. The molecule has 0 atom stereocenters. The zero-order valence-electron chi connectivity index (χ0n) is 13.8. The Balaban J connectivity index is 1.48. The number of carbonyl (C=O) groups is 2. The molecule has 2 aromatic rings. The zero-order chi connectivity index (χ0) is 16.9. The maximum Gasteiger partial charge on any atom is 0.272 e. The van der Waals surface area contributed by atoms with Gasteiger partial charge in [-0.15, -0.1) is 0 Å². The van der Waals surface area contributed by atoms with Gasteiger partial charge >= 0.3 is 0 Å². The van der Waals surface area contributed by atoms with Crippen LogP contribution in [0.25, 0.3) is 10.9 Å². The van der Waals surface area contributed by atoms with Gasteiger partial charge < -0.3 is 15.5 Å². The third-order valence-electron chi connectivity index (χ3n) is 4.57. The molecule has 1 aliphatic heterocycles. The molecule has 128 valence electrons. The Hall–Kier alpha value is -2.41. The summed E-state index contributed by atoms with van der Waals surface area (Å²) in [5.41, 5.74) is 1.19. The number of nitrogens with zero attached hydrogens (tertiary/aromatic N) is 2. The van der Waals surface area contributed by atoms with Crippen LogP contribution in [-0.2, 0) is 4.79 Å². The molecule has 1 saturated heterocycles. The summed E-state index contributed by atoms with van der Waals surface area (Å²) in [6.45, 7) is 1.88. The maximum absolute atomic E-state index is 12.2. The van der Waals surface area contributed by atoms with Crippen LogP contribution < -0.4 is 10.6 Å². The van der Waals surface area contributed by atoms with E-state index in [0.29, 0.717) is 24.7 Å². The van der Waals surface area contributed by atoms with E-state index in [4.69, 9.17) is 0 Å². The molecule has 7 nitrogen and oxygen atoms in total. The predicted octanol–water partition coefficient (Wildman–Crippen LogP) is 0.893. The summed E-state index contributed by atoms with van der Waals surface area (Å²) in [4.78, 5) is 26.3. The number of H-pyrrole nitrogens is 1. The fourth-order valence-corrected chi connectivity index (χ4v) is 3.08. The average molecular weight is 329 g/mol. The topological polar surface area (TPSA) is 90.1 Å². The van der Waals surface area contributed by atoms with E-state index in [1.165, 1.54) is 0 Å². The van der Waals surface area contributed by atoms with Gasteiger partial charge in [0.1, 0.15) is 0 Å². The van der Waals surface area contributed by atoms with E-state index in [9.17, 15) is 9.59 Å². The number of aromatic amines is 1. The molecule has 0 aliphatic carbocycles. The predicted molar refractivity (Wildman–Crippen MR) is 91.7 cm³/mol. The molecule has 2 amide bonds. The number of aromatic nitrogens is 2. The van der Waals surface area contributed by atoms with Gasteiger partial charge in [-0.3, -0.25) is 14.7 Å². The number of rotatable bonds is 5. The lowest BCUT2D eigenvalue weighted by Crippen LogP contribution is -2.44. The summed E-state index contributed by atoms with van der Waals surface area (Å²) in [7, 11) is 1.95. The van der Waals surface area contributed by atoms with Gasteiger partial charge in [-0.05, 0) is 26.0 Å². The smallest absolute Gasteiger partial charge is 0.272 e. The highest BCUT2D eigenvalue weighted by molar-refractivity contribution is 6.04. The van der Waals surface area contributed by atoms with E-state index in [1.807, 2.05) is 36.2 Å². The number of hydrogen-bond acceptors (Lipinski definition) is 4. The summed E-state index contributed by atoms with van der Waals surface area (Å²) < 4.78 is 0. The molecule has 24 heavy (non-hydrogen) atoms. The van der Waals surface area contributed by atoms with Crippen molar-refractivity contribution in [2.75, 3.05) is 26.7 Å². The number of nitrogens with one attached hydrogen (secondary N) is 3. The molecule has 0 radical (unpaired) electrons. The molecule has 0 unspecified atom stereocenters. The van der Waals surface area contributed by atoms with Crippen LogP contribution in [-0.4, -0.2) is 59.6 Å². The van der Waals surface area contributed by atoms with Gasteiger partial charge in [-0.25, -0.2) is 0 Å². The summed E-state index contributed by atoms with van der Waals surface area (Å²) in [5, 5.41) is 13.7. The quantitative estimate of drug-likeness (QED) is 0.760. The van der Waals surface area contributed by atoms with Crippen LogP contribution in [0.1, 0.15) is 29.8 Å². The third kappa shape index (κ3) is 3.56. The van der Waals surface area contributed by atoms with Crippen LogP contribution in [0, 0.1) is 0 Å². The summed E-state index contributed by atoms with van der Waals surface area (Å²) in [6, 6.07) is 7.98. The van der Waals surface area contributed by atoms with Gasteiger partial charge in [0.15, 0.2) is 5.69 Å². The lowest BCUT2D eigenvalue weighted by Gasteiger charge is -2.31. The summed E-state index contributed by atoms with van der Waals surface area (Å²) >= 11 is 0. The zero-order valence-corrected chi connectivity index (χ0v) is 13.8. The molecule has 3 N–H and O–H groups in total. The second-order valence-electron chi connectivity index (χ2n) is 6.07. The molecule has 1 aromatic carbocycles. The Morgan fingerprint density at radius 1 is 1.29 bits per heavy atom. The van der Waals surface area contributed by atoms with Crippen LogP contribution in [0.4, 0.5) is 0 Å². The van der Waals surface area contributed by atoms with Gasteiger partial charge in [-0.2, -0.15) is 5.10 Å². The molecule has 1 aromatic heterocycles. The second-order valence-corrected chi connectivity index (χ2v) is 6.07. The minimum Gasteiger partial charge on any atom is -0.350 e. The maximum atomic E-state index is 12.2. The van der Waals surface area contributed by atoms with Crippen LogP contribution >= 0.6 is 0 Å². The number of amides is 2. The first kappa shape index (κ1) is 16.4. The summed E-state index contributed by atoms with van der Waals surface area (Å²) in [6.07, 6.45) is 2.28. The molecule has 1 fully saturated rings. The first-order valence-corrected chi connectivity index (χ1v) is 8.35. The number of benzene rings is 1. The van der Waals surface area contributed by atoms with E-state index in [2.05, 4.69) is 20.8 Å². The van der Waals surface area contributed by atoms with Crippen LogP contribution in [0.5, 0.6) is 0 Å². The van der Waals surface area contributed by atoms with Gasteiger partial charge in [0, 0.05) is 37.5 Å². The van der Waals surface area contributed by atoms with Crippen molar-refractivity contribution in [1.82, 2.24) is 25.7 Å². The molecule has 7 heteroatoms. The Labute approximate surface area is 140 Å². The standard InChI is InChI=1S/C17H23N5O2/c1-18-12-7-10-22(11-8-12)15(23)6-9-19-17(24)16-13-4-2-3-5-14(13)20-21-16/h2-5,12,18H,6-11H2,1H3,(H,19,24)(H,20,21). The number of carbonyl (C=O) groups excluding carboxylic acids is 2. The Bertz CT molecular complexity index is 719. The normalized spacial score (nSPS) is 15.6. The van der Waals surface area contributed by atoms with Crippen molar-refractivity contribution < 1.29 is 9.59 Å². The Kier molecular flexibility index (Phi) is 5.10. The van der Waals surface area contributed by atoms with Crippen molar-refractivity contribution in [3.63, 3.8) is 0 Å². The third-order valence-corrected chi connectivity index (χ3v) is 4.57. The number of piperidine rings is 1. The fourth-order valence-electron chi connectivity index (χ4n) is 3.08. The monoisotopic (exact) mass is 329 g/mol. The molecule has 0 bridgehead atoms. The lowest BCUT2D eigenvalue weighted by atomic mass is 10.1. The number of hydrogen-bond donors (Lipinski definition) is 3. The molecular weight excluding hydrogens is 306 g/mol. The van der Waals surface area contributed by atoms with Crippen molar-refractivity contribution in [2.45, 2.75) is 25.3 Å². The van der Waals surface area contributed by atoms with E-state index in [0.717, 1.165) is 36.8 Å². The SMILES string of the molecule is CNC1CCN(C(=O)CCNC(=O)c2n[nH]c3ccccc23)CC1. The summed E-state index contributed by atoms with van der Waals surface area (Å²) in [5.74, 6) is -0.161. The number of para-hydroxylation sites is 1. The van der Waals surface area contributed by atoms with Crippen LogP contribution in [0.15, 0.2) is 24.3 Å². The average Bonchev–Trinajstić information content (AvgIpc) is 3.06. The minimum absolute atomic E-state index is 0.0942.